The van der Waals surface area contributed by atoms with Crippen molar-refractivity contribution in [1.82, 2.24) is 25.2 Å². The van der Waals surface area contributed by atoms with Crippen LogP contribution in [0.25, 0.3) is 0 Å². The van der Waals surface area contributed by atoms with Crippen LogP contribution in [0.1, 0.15) is 41.7 Å². The SMILES string of the molecule is Cc1nn(Cc2noc(C(=O)NC(C)C)n2)c(C)c1Br. The minimum absolute atomic E-state index is 0.0183. The Labute approximate surface area is 124 Å². The largest absolute Gasteiger partial charge is 0.346 e. The zero-order valence-electron chi connectivity index (χ0n) is 11.8. The molecule has 2 aromatic rings. The van der Waals surface area contributed by atoms with E-state index >= 15 is 0 Å². The van der Waals surface area contributed by atoms with Crippen molar-refractivity contribution in [2.75, 3.05) is 0 Å². The van der Waals surface area contributed by atoms with Crippen LogP contribution in [0.3, 0.4) is 0 Å². The summed E-state index contributed by atoms with van der Waals surface area (Å²) in [6.45, 7) is 7.93. The highest BCUT2D eigenvalue weighted by atomic mass is 79.9. The Morgan fingerprint density at radius 3 is 2.70 bits per heavy atom. The van der Waals surface area contributed by atoms with Crippen molar-refractivity contribution < 1.29 is 9.32 Å². The van der Waals surface area contributed by atoms with Crippen LogP contribution in [0.4, 0.5) is 0 Å². The van der Waals surface area contributed by atoms with E-state index in [0.29, 0.717) is 12.4 Å². The number of aromatic nitrogens is 4. The van der Waals surface area contributed by atoms with Gasteiger partial charge in [-0.1, -0.05) is 5.16 Å². The molecule has 2 aromatic heterocycles. The molecule has 2 heterocycles. The number of carbonyl (C=O) groups is 1. The maximum atomic E-state index is 11.7. The van der Waals surface area contributed by atoms with E-state index < -0.39 is 0 Å². The van der Waals surface area contributed by atoms with Crippen LogP contribution in [0, 0.1) is 13.8 Å². The fraction of sp³-hybridized carbons (Fsp3) is 0.500. The number of carbonyl (C=O) groups excluding carboxylic acids is 1. The molecule has 2 rings (SSSR count). The Kier molecular flexibility index (Phi) is 4.22. The first kappa shape index (κ1) is 14.7. The van der Waals surface area contributed by atoms with E-state index in [0.717, 1.165) is 15.9 Å². The van der Waals surface area contributed by atoms with Crippen molar-refractivity contribution in [3.05, 3.63) is 27.6 Å². The van der Waals surface area contributed by atoms with Crippen LogP contribution in [-0.4, -0.2) is 31.9 Å². The van der Waals surface area contributed by atoms with Gasteiger partial charge in [-0.05, 0) is 43.6 Å². The molecular formula is C12H16BrN5O2. The number of hydrogen-bond donors (Lipinski definition) is 1. The summed E-state index contributed by atoms with van der Waals surface area (Å²) < 4.78 is 7.67. The average molecular weight is 342 g/mol. The molecule has 0 bridgehead atoms. The first-order valence-corrected chi connectivity index (χ1v) is 7.00. The quantitative estimate of drug-likeness (QED) is 0.916. The zero-order valence-corrected chi connectivity index (χ0v) is 13.4. The average Bonchev–Trinajstić information content (AvgIpc) is 2.91. The molecular weight excluding hydrogens is 326 g/mol. The summed E-state index contributed by atoms with van der Waals surface area (Å²) in [7, 11) is 0. The molecule has 0 saturated carbocycles. The Morgan fingerprint density at radius 2 is 2.15 bits per heavy atom. The topological polar surface area (TPSA) is 85.8 Å². The fourth-order valence-corrected chi connectivity index (χ4v) is 1.98. The zero-order chi connectivity index (χ0) is 14.9. The standard InChI is InChI=1S/C12H16BrN5O2/c1-6(2)14-11(19)12-15-9(17-20-12)5-18-8(4)10(13)7(3)16-18/h6H,5H2,1-4H3,(H,14,19). The number of nitrogens with one attached hydrogen (secondary N) is 1. The number of rotatable bonds is 4. The summed E-state index contributed by atoms with van der Waals surface area (Å²) in [4.78, 5) is 15.8. The Hall–Kier alpha value is -1.70. The van der Waals surface area contributed by atoms with Crippen LogP contribution < -0.4 is 5.32 Å². The lowest BCUT2D eigenvalue weighted by Gasteiger charge is -2.03. The number of amides is 1. The third-order valence-electron chi connectivity index (χ3n) is 2.67. The highest BCUT2D eigenvalue weighted by Crippen LogP contribution is 2.20. The van der Waals surface area contributed by atoms with Gasteiger partial charge in [-0.2, -0.15) is 10.1 Å². The predicted molar refractivity (Wildman–Crippen MR) is 75.4 cm³/mol. The Morgan fingerprint density at radius 1 is 1.45 bits per heavy atom. The number of aryl methyl sites for hydroxylation is 1. The first-order chi connectivity index (χ1) is 9.38. The molecule has 0 radical (unpaired) electrons. The summed E-state index contributed by atoms with van der Waals surface area (Å²) in [5.74, 6) is 0.0135. The maximum Gasteiger partial charge on any atom is 0.316 e. The van der Waals surface area contributed by atoms with E-state index in [9.17, 15) is 4.79 Å². The monoisotopic (exact) mass is 341 g/mol. The molecule has 1 N–H and O–H groups in total. The van der Waals surface area contributed by atoms with Crippen molar-refractivity contribution in [2.45, 2.75) is 40.3 Å². The van der Waals surface area contributed by atoms with Crippen molar-refractivity contribution in [3.8, 4) is 0 Å². The van der Waals surface area contributed by atoms with Gasteiger partial charge in [0.1, 0.15) is 6.54 Å². The van der Waals surface area contributed by atoms with E-state index in [4.69, 9.17) is 4.52 Å². The van der Waals surface area contributed by atoms with Crippen molar-refractivity contribution in [1.29, 1.82) is 0 Å². The molecule has 0 fully saturated rings. The summed E-state index contributed by atoms with van der Waals surface area (Å²) in [5.41, 5.74) is 1.87. The van der Waals surface area contributed by atoms with Crippen LogP contribution in [0.15, 0.2) is 9.00 Å². The first-order valence-electron chi connectivity index (χ1n) is 6.21. The van der Waals surface area contributed by atoms with Gasteiger partial charge in [0, 0.05) is 6.04 Å². The second-order valence-electron chi connectivity index (χ2n) is 4.79. The van der Waals surface area contributed by atoms with Gasteiger partial charge in [0.2, 0.25) is 0 Å². The van der Waals surface area contributed by atoms with Crippen LogP contribution in [0.5, 0.6) is 0 Å². The van der Waals surface area contributed by atoms with Gasteiger partial charge in [0.15, 0.2) is 5.82 Å². The Balaban J connectivity index is 2.13. The highest BCUT2D eigenvalue weighted by Gasteiger charge is 2.17. The number of nitrogens with zero attached hydrogens (tertiary/aromatic N) is 4. The summed E-state index contributed by atoms with van der Waals surface area (Å²) >= 11 is 3.46. The van der Waals surface area contributed by atoms with Gasteiger partial charge in [0.05, 0.1) is 15.9 Å². The molecule has 0 aromatic carbocycles. The van der Waals surface area contributed by atoms with Gasteiger partial charge in [0.25, 0.3) is 0 Å². The molecule has 0 aliphatic carbocycles. The molecule has 20 heavy (non-hydrogen) atoms. The molecule has 8 heteroatoms. The minimum Gasteiger partial charge on any atom is -0.346 e. The summed E-state index contributed by atoms with van der Waals surface area (Å²) in [5, 5.41) is 10.8. The van der Waals surface area contributed by atoms with Crippen LogP contribution in [0.2, 0.25) is 0 Å². The summed E-state index contributed by atoms with van der Waals surface area (Å²) in [6.07, 6.45) is 0. The van der Waals surface area contributed by atoms with Gasteiger partial charge in [-0.25, -0.2) is 0 Å². The van der Waals surface area contributed by atoms with Gasteiger partial charge >= 0.3 is 11.8 Å². The lowest BCUT2D eigenvalue weighted by molar-refractivity contribution is 0.0899. The molecule has 108 valence electrons. The second-order valence-corrected chi connectivity index (χ2v) is 5.58. The van der Waals surface area contributed by atoms with Gasteiger partial charge in [-0.15, -0.1) is 0 Å². The second kappa shape index (κ2) is 5.74. The minimum atomic E-state index is -0.367. The normalized spacial score (nSPS) is 11.1. The smallest absolute Gasteiger partial charge is 0.316 e. The fourth-order valence-electron chi connectivity index (χ4n) is 1.70. The number of hydrogen-bond acceptors (Lipinski definition) is 5. The summed E-state index contributed by atoms with van der Waals surface area (Å²) in [6, 6.07) is 0.0183. The molecule has 0 aliphatic heterocycles. The van der Waals surface area contributed by atoms with Crippen LogP contribution in [-0.2, 0) is 6.54 Å². The molecule has 0 aliphatic rings. The van der Waals surface area contributed by atoms with Crippen molar-refractivity contribution in [2.24, 2.45) is 0 Å². The predicted octanol–water partition coefficient (Wildman–Crippen LogP) is 1.83. The molecule has 1 amide bonds. The molecule has 0 atom stereocenters. The lowest BCUT2D eigenvalue weighted by Crippen LogP contribution is -2.30. The van der Waals surface area contributed by atoms with Gasteiger partial charge in [-0.3, -0.25) is 9.48 Å². The molecule has 0 spiro atoms. The third kappa shape index (κ3) is 3.06. The molecule has 7 nitrogen and oxygen atoms in total. The lowest BCUT2D eigenvalue weighted by atomic mass is 10.4. The van der Waals surface area contributed by atoms with Crippen molar-refractivity contribution >= 4 is 21.8 Å². The Bertz CT molecular complexity index is 632. The van der Waals surface area contributed by atoms with E-state index in [2.05, 4.69) is 36.5 Å². The van der Waals surface area contributed by atoms with E-state index in [1.54, 1.807) is 4.68 Å². The maximum absolute atomic E-state index is 11.7. The third-order valence-corrected chi connectivity index (χ3v) is 3.81. The van der Waals surface area contributed by atoms with E-state index in [1.807, 2.05) is 27.7 Å². The van der Waals surface area contributed by atoms with Crippen molar-refractivity contribution in [3.63, 3.8) is 0 Å². The van der Waals surface area contributed by atoms with Crippen LogP contribution >= 0.6 is 15.9 Å². The van der Waals surface area contributed by atoms with E-state index in [-0.39, 0.29) is 17.8 Å². The molecule has 0 saturated heterocycles. The van der Waals surface area contributed by atoms with E-state index in [1.165, 1.54) is 0 Å². The van der Waals surface area contributed by atoms with Gasteiger partial charge < -0.3 is 9.84 Å². The molecule has 0 unspecified atom stereocenters. The number of halogens is 1. The highest BCUT2D eigenvalue weighted by molar-refractivity contribution is 9.10.